The van der Waals surface area contributed by atoms with E-state index < -0.39 is 0 Å². The van der Waals surface area contributed by atoms with Gasteiger partial charge in [-0.15, -0.1) is 0 Å². The average molecular weight is 308 g/mol. The molecule has 2 rings (SSSR count). The van der Waals surface area contributed by atoms with Crippen molar-refractivity contribution in [1.82, 2.24) is 5.32 Å². The Hall–Kier alpha value is -2.80. The highest BCUT2D eigenvalue weighted by atomic mass is 16.5. The molecule has 0 saturated carbocycles. The lowest BCUT2D eigenvalue weighted by molar-refractivity contribution is -0.123. The summed E-state index contributed by atoms with van der Waals surface area (Å²) in [7, 11) is 0. The summed E-state index contributed by atoms with van der Waals surface area (Å²) in [5.41, 5.74) is 2.90. The summed E-state index contributed by atoms with van der Waals surface area (Å²) < 4.78 is 5.42. The highest BCUT2D eigenvalue weighted by Crippen LogP contribution is 2.14. The van der Waals surface area contributed by atoms with Crippen LogP contribution in [0.25, 0.3) is 0 Å². The van der Waals surface area contributed by atoms with Crippen molar-refractivity contribution in [2.24, 2.45) is 0 Å². The van der Waals surface area contributed by atoms with Crippen molar-refractivity contribution < 1.29 is 9.53 Å². The maximum Gasteiger partial charge on any atom is 0.258 e. The highest BCUT2D eigenvalue weighted by Gasteiger charge is 2.10. The number of amides is 1. The lowest BCUT2D eigenvalue weighted by atomic mass is 10.1. The van der Waals surface area contributed by atoms with Gasteiger partial charge in [-0.05, 0) is 48.7 Å². The van der Waals surface area contributed by atoms with E-state index in [-0.39, 0.29) is 18.6 Å². The first-order chi connectivity index (χ1) is 11.1. The Labute approximate surface area is 136 Å². The van der Waals surface area contributed by atoms with Crippen molar-refractivity contribution in [3.63, 3.8) is 0 Å². The molecule has 4 nitrogen and oxygen atoms in total. The molecule has 0 bridgehead atoms. The maximum absolute atomic E-state index is 12.0. The number of benzene rings is 2. The Kier molecular flexibility index (Phi) is 5.76. The smallest absolute Gasteiger partial charge is 0.258 e. The average Bonchev–Trinajstić information content (AvgIpc) is 2.60. The molecule has 1 amide bonds. The van der Waals surface area contributed by atoms with Gasteiger partial charge in [0, 0.05) is 0 Å². The number of carbonyl (C=O) groups excluding carboxylic acids is 1. The predicted molar refractivity (Wildman–Crippen MR) is 89.0 cm³/mol. The number of rotatable bonds is 6. The van der Waals surface area contributed by atoms with Crippen LogP contribution < -0.4 is 10.1 Å². The first-order valence-corrected chi connectivity index (χ1v) is 7.63. The lowest BCUT2D eigenvalue weighted by Crippen LogP contribution is -2.31. The number of hydrogen-bond donors (Lipinski definition) is 1. The van der Waals surface area contributed by atoms with Crippen LogP contribution in [0, 0.1) is 11.3 Å². The van der Waals surface area contributed by atoms with Gasteiger partial charge in [0.05, 0.1) is 17.7 Å². The number of nitriles is 1. The van der Waals surface area contributed by atoms with E-state index in [1.165, 1.54) is 5.56 Å². The molecule has 2 aromatic rings. The third-order valence-electron chi connectivity index (χ3n) is 3.62. The fraction of sp³-hybridized carbons (Fsp3) is 0.263. The molecule has 1 N–H and O–H groups in total. The van der Waals surface area contributed by atoms with Gasteiger partial charge in [0.1, 0.15) is 5.75 Å². The number of hydrogen-bond acceptors (Lipinski definition) is 3. The SMILES string of the molecule is CCc1ccc(C(C)NC(=O)COc2ccc(C#N)cc2)cc1. The van der Waals surface area contributed by atoms with Crippen LogP contribution in [0.1, 0.15) is 36.6 Å². The summed E-state index contributed by atoms with van der Waals surface area (Å²) in [6.45, 7) is 4.00. The molecule has 1 atom stereocenters. The minimum atomic E-state index is -0.179. The van der Waals surface area contributed by atoms with Gasteiger partial charge in [-0.25, -0.2) is 0 Å². The fourth-order valence-corrected chi connectivity index (χ4v) is 2.18. The molecule has 1 unspecified atom stereocenters. The van der Waals surface area contributed by atoms with Crippen LogP contribution in [-0.4, -0.2) is 12.5 Å². The highest BCUT2D eigenvalue weighted by molar-refractivity contribution is 5.78. The van der Waals surface area contributed by atoms with Crippen LogP contribution in [0.2, 0.25) is 0 Å². The molecule has 0 aliphatic heterocycles. The Bertz CT molecular complexity index is 685. The molecule has 23 heavy (non-hydrogen) atoms. The monoisotopic (exact) mass is 308 g/mol. The van der Waals surface area contributed by atoms with Crippen molar-refractivity contribution in [1.29, 1.82) is 5.26 Å². The van der Waals surface area contributed by atoms with Gasteiger partial charge in [0.2, 0.25) is 0 Å². The Morgan fingerprint density at radius 2 is 1.83 bits per heavy atom. The topological polar surface area (TPSA) is 62.1 Å². The van der Waals surface area contributed by atoms with Crippen molar-refractivity contribution in [2.75, 3.05) is 6.61 Å². The van der Waals surface area contributed by atoms with Gasteiger partial charge < -0.3 is 10.1 Å². The molecule has 0 fully saturated rings. The van der Waals surface area contributed by atoms with Crippen molar-refractivity contribution >= 4 is 5.91 Å². The Balaban J connectivity index is 1.84. The predicted octanol–water partition coefficient (Wildman–Crippen LogP) is 3.38. The molecule has 0 heterocycles. The normalized spacial score (nSPS) is 11.3. The van der Waals surface area contributed by atoms with E-state index in [9.17, 15) is 4.79 Å². The van der Waals surface area contributed by atoms with Gasteiger partial charge in [-0.3, -0.25) is 4.79 Å². The Morgan fingerprint density at radius 1 is 1.17 bits per heavy atom. The zero-order valence-electron chi connectivity index (χ0n) is 13.4. The summed E-state index contributed by atoms with van der Waals surface area (Å²) in [6.07, 6.45) is 0.999. The summed E-state index contributed by atoms with van der Waals surface area (Å²) in [6, 6.07) is 16.9. The van der Waals surface area contributed by atoms with Crippen LogP contribution in [0.4, 0.5) is 0 Å². The number of nitrogens with one attached hydrogen (secondary N) is 1. The van der Waals surface area contributed by atoms with E-state index in [4.69, 9.17) is 10.00 Å². The molecule has 118 valence electrons. The van der Waals surface area contributed by atoms with E-state index in [0.717, 1.165) is 12.0 Å². The molecule has 4 heteroatoms. The van der Waals surface area contributed by atoms with Gasteiger partial charge >= 0.3 is 0 Å². The zero-order chi connectivity index (χ0) is 16.7. The minimum Gasteiger partial charge on any atom is -0.484 e. The lowest BCUT2D eigenvalue weighted by Gasteiger charge is -2.15. The van der Waals surface area contributed by atoms with E-state index in [0.29, 0.717) is 11.3 Å². The minimum absolute atomic E-state index is 0.0523. The molecule has 0 aromatic heterocycles. The molecule has 0 saturated heterocycles. The van der Waals surface area contributed by atoms with Crippen molar-refractivity contribution in [3.8, 4) is 11.8 Å². The Morgan fingerprint density at radius 3 is 2.39 bits per heavy atom. The van der Waals surface area contributed by atoms with Crippen LogP contribution in [0.5, 0.6) is 5.75 Å². The van der Waals surface area contributed by atoms with Crippen molar-refractivity contribution in [2.45, 2.75) is 26.3 Å². The molecule has 0 aliphatic rings. The second kappa shape index (κ2) is 8.00. The number of carbonyl (C=O) groups is 1. The fourth-order valence-electron chi connectivity index (χ4n) is 2.18. The number of nitrogens with zero attached hydrogens (tertiary/aromatic N) is 1. The molecule has 0 radical (unpaired) electrons. The van der Waals surface area contributed by atoms with Gasteiger partial charge in [0.25, 0.3) is 5.91 Å². The third kappa shape index (κ3) is 4.86. The van der Waals surface area contributed by atoms with E-state index in [2.05, 4.69) is 24.4 Å². The molecule has 0 aliphatic carbocycles. The maximum atomic E-state index is 12.0. The van der Waals surface area contributed by atoms with E-state index in [1.807, 2.05) is 25.1 Å². The van der Waals surface area contributed by atoms with Gasteiger partial charge in [-0.2, -0.15) is 5.26 Å². The largest absolute Gasteiger partial charge is 0.484 e. The van der Waals surface area contributed by atoms with Gasteiger partial charge in [-0.1, -0.05) is 31.2 Å². The van der Waals surface area contributed by atoms with Crippen LogP contribution >= 0.6 is 0 Å². The summed E-state index contributed by atoms with van der Waals surface area (Å²) >= 11 is 0. The summed E-state index contributed by atoms with van der Waals surface area (Å²) in [4.78, 5) is 12.0. The van der Waals surface area contributed by atoms with E-state index >= 15 is 0 Å². The second-order valence-electron chi connectivity index (χ2n) is 5.31. The summed E-state index contributed by atoms with van der Waals surface area (Å²) in [5.74, 6) is 0.389. The molecule has 2 aromatic carbocycles. The third-order valence-corrected chi connectivity index (χ3v) is 3.62. The van der Waals surface area contributed by atoms with Crippen LogP contribution in [-0.2, 0) is 11.2 Å². The number of aryl methyl sites for hydroxylation is 1. The quantitative estimate of drug-likeness (QED) is 0.890. The zero-order valence-corrected chi connectivity index (χ0v) is 13.4. The summed E-state index contributed by atoms with van der Waals surface area (Å²) in [5, 5.41) is 11.6. The standard InChI is InChI=1S/C19H20N2O2/c1-3-15-4-8-17(9-5-15)14(2)21-19(22)13-23-18-10-6-16(12-20)7-11-18/h4-11,14H,3,13H2,1-2H3,(H,21,22). The first kappa shape index (κ1) is 16.6. The number of ether oxygens (including phenoxy) is 1. The van der Waals surface area contributed by atoms with Crippen LogP contribution in [0.3, 0.4) is 0 Å². The first-order valence-electron chi connectivity index (χ1n) is 7.63. The van der Waals surface area contributed by atoms with Crippen molar-refractivity contribution in [3.05, 3.63) is 65.2 Å². The second-order valence-corrected chi connectivity index (χ2v) is 5.31. The van der Waals surface area contributed by atoms with E-state index in [1.54, 1.807) is 24.3 Å². The molecular formula is C19H20N2O2. The van der Waals surface area contributed by atoms with Crippen LogP contribution in [0.15, 0.2) is 48.5 Å². The van der Waals surface area contributed by atoms with Gasteiger partial charge in [0.15, 0.2) is 6.61 Å². The molecular weight excluding hydrogens is 288 g/mol. The molecule has 0 spiro atoms.